The van der Waals surface area contributed by atoms with Crippen LogP contribution < -0.4 is 0 Å². The molecule has 1 aromatic rings. The fourth-order valence-electron chi connectivity index (χ4n) is 0.864. The maximum absolute atomic E-state index is 10.3. The maximum atomic E-state index is 10.3. The Morgan fingerprint density at radius 2 is 2.42 bits per heavy atom. The van der Waals surface area contributed by atoms with Gasteiger partial charge in [0.2, 0.25) is 5.22 Å². The Kier molecular flexibility index (Phi) is 3.29. The Morgan fingerprint density at radius 1 is 1.67 bits per heavy atom. The normalized spacial score (nSPS) is 10.2. The molecule has 12 heavy (non-hydrogen) atoms. The van der Waals surface area contributed by atoms with Crippen LogP contribution in [0.15, 0.2) is 4.42 Å². The number of rotatable bonds is 4. The van der Waals surface area contributed by atoms with Crippen LogP contribution in [-0.4, -0.2) is 11.3 Å². The van der Waals surface area contributed by atoms with Crippen molar-refractivity contribution in [2.75, 3.05) is 0 Å². The second-order valence-corrected chi connectivity index (χ2v) is 2.83. The van der Waals surface area contributed by atoms with Gasteiger partial charge < -0.3 is 4.42 Å². The van der Waals surface area contributed by atoms with Gasteiger partial charge in [-0.05, 0) is 18.0 Å². The van der Waals surface area contributed by atoms with Crippen molar-refractivity contribution in [3.05, 3.63) is 16.8 Å². The fraction of sp³-hybridized carbons (Fsp3) is 0.500. The number of aldehydes is 1. The Morgan fingerprint density at radius 3 is 2.92 bits per heavy atom. The summed E-state index contributed by atoms with van der Waals surface area (Å²) in [6.45, 7) is 2.07. The highest BCUT2D eigenvalue weighted by atomic mass is 35.5. The van der Waals surface area contributed by atoms with Gasteiger partial charge in [0.05, 0.1) is 0 Å². The van der Waals surface area contributed by atoms with Gasteiger partial charge in [-0.15, -0.1) is 0 Å². The lowest BCUT2D eigenvalue weighted by Gasteiger charge is -1.89. The third-order valence-electron chi connectivity index (χ3n) is 1.51. The molecule has 3 nitrogen and oxygen atoms in total. The first-order valence-electron chi connectivity index (χ1n) is 3.88. The molecule has 66 valence electrons. The molecule has 4 heteroatoms. The second-order valence-electron chi connectivity index (χ2n) is 2.49. The smallest absolute Gasteiger partial charge is 0.224 e. The molecule has 0 N–H and O–H groups in total. The summed E-state index contributed by atoms with van der Waals surface area (Å²) in [5.41, 5.74) is 0.197. The van der Waals surface area contributed by atoms with E-state index in [1.807, 2.05) is 0 Å². The zero-order chi connectivity index (χ0) is 8.97. The van der Waals surface area contributed by atoms with Gasteiger partial charge in [-0.3, -0.25) is 4.79 Å². The minimum absolute atomic E-state index is 0.0936. The average Bonchev–Trinajstić information content (AvgIpc) is 2.43. The third kappa shape index (κ3) is 2.08. The summed E-state index contributed by atoms with van der Waals surface area (Å²) < 4.78 is 5.03. The number of hydrogen-bond acceptors (Lipinski definition) is 3. The van der Waals surface area contributed by atoms with E-state index >= 15 is 0 Å². The van der Waals surface area contributed by atoms with Crippen LogP contribution in [0.25, 0.3) is 0 Å². The number of nitrogens with zero attached hydrogens (tertiary/aromatic N) is 1. The van der Waals surface area contributed by atoms with Crippen molar-refractivity contribution in [1.29, 1.82) is 0 Å². The number of carbonyl (C=O) groups is 1. The molecule has 0 unspecified atom stereocenters. The number of unbranched alkanes of at least 4 members (excludes halogenated alkanes) is 1. The van der Waals surface area contributed by atoms with Crippen LogP contribution in [0.5, 0.6) is 0 Å². The molecule has 0 aliphatic heterocycles. The fourth-order valence-corrected chi connectivity index (χ4v) is 1.04. The van der Waals surface area contributed by atoms with E-state index < -0.39 is 0 Å². The van der Waals surface area contributed by atoms with Crippen LogP contribution in [0, 0.1) is 0 Å². The molecular formula is C8H10ClNO2. The van der Waals surface area contributed by atoms with Crippen molar-refractivity contribution in [3.63, 3.8) is 0 Å². The first-order chi connectivity index (χ1) is 5.77. The van der Waals surface area contributed by atoms with Crippen LogP contribution in [0.4, 0.5) is 0 Å². The number of aryl methyl sites for hydroxylation is 1. The van der Waals surface area contributed by atoms with Gasteiger partial charge in [-0.25, -0.2) is 4.98 Å². The van der Waals surface area contributed by atoms with Gasteiger partial charge >= 0.3 is 0 Å². The van der Waals surface area contributed by atoms with E-state index in [2.05, 4.69) is 11.9 Å². The molecule has 0 fully saturated rings. The van der Waals surface area contributed by atoms with Crippen molar-refractivity contribution in [1.82, 2.24) is 4.98 Å². The second kappa shape index (κ2) is 4.26. The Labute approximate surface area is 75.7 Å². The number of oxazole rings is 1. The highest BCUT2D eigenvalue weighted by molar-refractivity contribution is 6.30. The Balaban J connectivity index is 2.68. The first-order valence-corrected chi connectivity index (χ1v) is 4.26. The molecule has 0 spiro atoms. The lowest BCUT2D eigenvalue weighted by atomic mass is 10.2. The van der Waals surface area contributed by atoms with E-state index in [-0.39, 0.29) is 10.9 Å². The Hall–Kier alpha value is -0.830. The lowest BCUT2D eigenvalue weighted by molar-refractivity contribution is 0.111. The predicted molar refractivity (Wildman–Crippen MR) is 45.5 cm³/mol. The molecule has 0 bridgehead atoms. The van der Waals surface area contributed by atoms with E-state index in [0.29, 0.717) is 12.2 Å². The van der Waals surface area contributed by atoms with Gasteiger partial charge in [0.1, 0.15) is 0 Å². The standard InChI is InChI=1S/C8H10ClNO2/c1-2-3-4-7-10-6(5-11)8(9)12-7/h5H,2-4H2,1H3. The zero-order valence-electron chi connectivity index (χ0n) is 6.84. The van der Waals surface area contributed by atoms with Gasteiger partial charge in [-0.1, -0.05) is 13.3 Å². The molecule has 1 heterocycles. The highest BCUT2D eigenvalue weighted by Crippen LogP contribution is 2.16. The zero-order valence-corrected chi connectivity index (χ0v) is 7.60. The Bertz CT molecular complexity index is 270. The summed E-state index contributed by atoms with van der Waals surface area (Å²) in [6.07, 6.45) is 3.40. The SMILES string of the molecule is CCCCc1nc(C=O)c(Cl)o1. The van der Waals surface area contributed by atoms with E-state index in [0.717, 1.165) is 19.3 Å². The van der Waals surface area contributed by atoms with Crippen molar-refractivity contribution in [2.24, 2.45) is 0 Å². The predicted octanol–water partition coefficient (Wildman–Crippen LogP) is 2.48. The number of aromatic nitrogens is 1. The summed E-state index contributed by atoms with van der Waals surface area (Å²) in [5.74, 6) is 0.545. The van der Waals surface area contributed by atoms with Gasteiger partial charge in [0.25, 0.3) is 0 Å². The van der Waals surface area contributed by atoms with Crippen molar-refractivity contribution in [2.45, 2.75) is 26.2 Å². The quantitative estimate of drug-likeness (QED) is 0.681. The molecule has 0 saturated carbocycles. The van der Waals surface area contributed by atoms with Crippen LogP contribution in [-0.2, 0) is 6.42 Å². The number of halogens is 1. The van der Waals surface area contributed by atoms with Crippen molar-refractivity contribution in [3.8, 4) is 0 Å². The molecule has 0 amide bonds. The van der Waals surface area contributed by atoms with Gasteiger partial charge in [0, 0.05) is 6.42 Å². The van der Waals surface area contributed by atoms with Crippen LogP contribution in [0.1, 0.15) is 36.1 Å². The molecule has 0 aliphatic rings. The third-order valence-corrected chi connectivity index (χ3v) is 1.78. The van der Waals surface area contributed by atoms with Crippen molar-refractivity contribution >= 4 is 17.9 Å². The minimum atomic E-state index is 0.0936. The summed E-state index contributed by atoms with van der Waals surface area (Å²) in [4.78, 5) is 14.2. The van der Waals surface area contributed by atoms with E-state index in [1.165, 1.54) is 0 Å². The average molecular weight is 188 g/mol. The molecule has 0 atom stereocenters. The van der Waals surface area contributed by atoms with Gasteiger partial charge in [0.15, 0.2) is 17.9 Å². The number of carbonyl (C=O) groups excluding carboxylic acids is 1. The molecule has 0 saturated heterocycles. The largest absolute Gasteiger partial charge is 0.429 e. The highest BCUT2D eigenvalue weighted by Gasteiger charge is 2.08. The summed E-state index contributed by atoms with van der Waals surface area (Å²) >= 11 is 5.56. The topological polar surface area (TPSA) is 43.1 Å². The number of hydrogen-bond donors (Lipinski definition) is 0. The van der Waals surface area contributed by atoms with Gasteiger partial charge in [-0.2, -0.15) is 0 Å². The van der Waals surface area contributed by atoms with Crippen LogP contribution >= 0.6 is 11.6 Å². The molecule has 0 aliphatic carbocycles. The molecule has 1 aromatic heterocycles. The van der Waals surface area contributed by atoms with Crippen molar-refractivity contribution < 1.29 is 9.21 Å². The maximum Gasteiger partial charge on any atom is 0.224 e. The summed E-state index contributed by atoms with van der Waals surface area (Å²) in [7, 11) is 0. The van der Waals surface area contributed by atoms with Crippen LogP contribution in [0.3, 0.4) is 0 Å². The molecule has 0 aromatic carbocycles. The summed E-state index contributed by atoms with van der Waals surface area (Å²) in [5, 5.41) is 0.0936. The minimum Gasteiger partial charge on any atom is -0.429 e. The van der Waals surface area contributed by atoms with E-state index in [9.17, 15) is 4.79 Å². The first kappa shape index (κ1) is 9.26. The molecular weight excluding hydrogens is 178 g/mol. The monoisotopic (exact) mass is 187 g/mol. The summed E-state index contributed by atoms with van der Waals surface area (Å²) in [6, 6.07) is 0. The molecule has 0 radical (unpaired) electrons. The van der Waals surface area contributed by atoms with E-state index in [4.69, 9.17) is 16.0 Å². The molecule has 1 rings (SSSR count). The van der Waals surface area contributed by atoms with Crippen LogP contribution in [0.2, 0.25) is 5.22 Å². The van der Waals surface area contributed by atoms with E-state index in [1.54, 1.807) is 0 Å². The lowest BCUT2D eigenvalue weighted by Crippen LogP contribution is -1.85.